The molecule has 2 heterocycles. The van der Waals surface area contributed by atoms with Gasteiger partial charge in [-0.3, -0.25) is 0 Å². The van der Waals surface area contributed by atoms with Crippen molar-refractivity contribution >= 4 is 5.97 Å². The highest BCUT2D eigenvalue weighted by molar-refractivity contribution is 5.74. The number of piperidine rings is 1. The molecule has 112 valence electrons. The molecule has 0 radical (unpaired) electrons. The molecule has 0 bridgehead atoms. The Morgan fingerprint density at radius 2 is 2.40 bits per heavy atom. The molecule has 20 heavy (non-hydrogen) atoms. The molecule has 0 amide bonds. The maximum absolute atomic E-state index is 12.1. The van der Waals surface area contributed by atoms with Gasteiger partial charge in [-0.15, -0.1) is 0 Å². The van der Waals surface area contributed by atoms with Crippen LogP contribution >= 0.6 is 0 Å². The summed E-state index contributed by atoms with van der Waals surface area (Å²) in [7, 11) is 1.45. The normalized spacial score (nSPS) is 20.9. The Morgan fingerprint density at radius 1 is 1.60 bits per heavy atom. The molecule has 1 N–H and O–H groups in total. The average molecular weight is 279 g/mol. The largest absolute Gasteiger partial charge is 0.467 e. The molecule has 1 aromatic heterocycles. The molecule has 0 spiro atoms. The third kappa shape index (κ3) is 3.39. The Kier molecular flexibility index (Phi) is 5.17. The highest BCUT2D eigenvalue weighted by atomic mass is 16.5. The number of nitrogens with one attached hydrogen (secondary N) is 1. The summed E-state index contributed by atoms with van der Waals surface area (Å²) in [6.07, 6.45) is 6.76. The third-order valence-corrected chi connectivity index (χ3v) is 3.91. The van der Waals surface area contributed by atoms with E-state index in [4.69, 9.17) is 4.74 Å². The van der Waals surface area contributed by atoms with Gasteiger partial charge in [0.15, 0.2) is 0 Å². The van der Waals surface area contributed by atoms with Gasteiger partial charge in [0.05, 0.1) is 13.4 Å². The van der Waals surface area contributed by atoms with Crippen LogP contribution in [0.2, 0.25) is 0 Å². The van der Waals surface area contributed by atoms with Gasteiger partial charge >= 0.3 is 5.97 Å². The minimum Gasteiger partial charge on any atom is -0.467 e. The van der Waals surface area contributed by atoms with Gasteiger partial charge in [-0.05, 0) is 31.7 Å². The maximum Gasteiger partial charge on any atom is 0.328 e. The van der Waals surface area contributed by atoms with E-state index in [9.17, 15) is 4.79 Å². The second kappa shape index (κ2) is 6.88. The van der Waals surface area contributed by atoms with Crippen LogP contribution in [0.4, 0.5) is 0 Å². The van der Waals surface area contributed by atoms with E-state index in [0.29, 0.717) is 11.8 Å². The Morgan fingerprint density at radius 3 is 3.00 bits per heavy atom. The van der Waals surface area contributed by atoms with Crippen molar-refractivity contribution < 1.29 is 9.53 Å². The molecular weight excluding hydrogens is 254 g/mol. The summed E-state index contributed by atoms with van der Waals surface area (Å²) in [6.45, 7) is 6.28. The van der Waals surface area contributed by atoms with Crippen LogP contribution in [0.5, 0.6) is 0 Å². The molecule has 1 aromatic rings. The van der Waals surface area contributed by atoms with Crippen molar-refractivity contribution in [1.29, 1.82) is 0 Å². The number of methoxy groups -OCH3 is 1. The van der Waals surface area contributed by atoms with Crippen LogP contribution in [-0.4, -0.2) is 35.7 Å². The van der Waals surface area contributed by atoms with Crippen molar-refractivity contribution in [3.05, 3.63) is 18.2 Å². The van der Waals surface area contributed by atoms with Crippen molar-refractivity contribution in [2.45, 2.75) is 45.1 Å². The van der Waals surface area contributed by atoms with E-state index in [1.165, 1.54) is 13.5 Å². The zero-order valence-corrected chi connectivity index (χ0v) is 12.6. The first-order valence-corrected chi connectivity index (χ1v) is 7.43. The monoisotopic (exact) mass is 279 g/mol. The summed E-state index contributed by atoms with van der Waals surface area (Å²) in [5.41, 5.74) is 1.15. The minimum absolute atomic E-state index is 0.179. The summed E-state index contributed by atoms with van der Waals surface area (Å²) < 4.78 is 6.99. The fraction of sp³-hybridized carbons (Fsp3) is 0.733. The van der Waals surface area contributed by atoms with E-state index in [2.05, 4.69) is 24.1 Å². The average Bonchev–Trinajstić information content (AvgIpc) is 2.93. The molecule has 1 saturated heterocycles. The molecule has 2 unspecified atom stereocenters. The lowest BCUT2D eigenvalue weighted by Crippen LogP contribution is -2.31. The van der Waals surface area contributed by atoms with Crippen molar-refractivity contribution in [2.75, 3.05) is 20.2 Å². The lowest BCUT2D eigenvalue weighted by Gasteiger charge is -2.27. The molecule has 1 aliphatic heterocycles. The van der Waals surface area contributed by atoms with E-state index >= 15 is 0 Å². The quantitative estimate of drug-likeness (QED) is 0.839. The van der Waals surface area contributed by atoms with Gasteiger partial charge in [0, 0.05) is 24.4 Å². The number of esters is 1. The number of hydrogen-bond donors (Lipinski definition) is 1. The fourth-order valence-corrected chi connectivity index (χ4v) is 2.90. The minimum atomic E-state index is -0.264. The van der Waals surface area contributed by atoms with Crippen LogP contribution in [-0.2, 0) is 9.53 Å². The molecule has 1 aliphatic rings. The first-order valence-electron chi connectivity index (χ1n) is 7.43. The Balaban J connectivity index is 2.24. The predicted molar refractivity (Wildman–Crippen MR) is 77.6 cm³/mol. The number of nitrogens with zero attached hydrogens (tertiary/aromatic N) is 2. The molecule has 2 atom stereocenters. The lowest BCUT2D eigenvalue weighted by atomic mass is 9.95. The fourth-order valence-electron chi connectivity index (χ4n) is 2.90. The number of ether oxygens (including phenoxy) is 1. The molecule has 0 saturated carbocycles. The molecule has 0 aliphatic carbocycles. The van der Waals surface area contributed by atoms with Crippen LogP contribution in [0.3, 0.4) is 0 Å². The van der Waals surface area contributed by atoms with Gasteiger partial charge in [0.2, 0.25) is 0 Å². The first-order chi connectivity index (χ1) is 9.63. The van der Waals surface area contributed by atoms with Gasteiger partial charge in [0.25, 0.3) is 0 Å². The van der Waals surface area contributed by atoms with Crippen LogP contribution < -0.4 is 5.32 Å². The van der Waals surface area contributed by atoms with E-state index in [1.807, 2.05) is 10.8 Å². The molecule has 2 rings (SSSR count). The molecular formula is C15H25N3O2. The number of rotatable bonds is 5. The zero-order chi connectivity index (χ0) is 14.5. The highest BCUT2D eigenvalue weighted by Gasteiger charge is 2.27. The standard InChI is InChI=1S/C15H25N3O2/c1-11(2)7-13(15(19)20-3)18-10-17-9-14(18)12-5-4-6-16-8-12/h9-13,16H,4-8H2,1-3H3. The van der Waals surface area contributed by atoms with Crippen LogP contribution in [0.1, 0.15) is 50.8 Å². The van der Waals surface area contributed by atoms with Crippen molar-refractivity contribution in [3.63, 3.8) is 0 Å². The summed E-state index contributed by atoms with van der Waals surface area (Å²) >= 11 is 0. The lowest BCUT2D eigenvalue weighted by molar-refractivity contribution is -0.145. The smallest absolute Gasteiger partial charge is 0.328 e. The van der Waals surface area contributed by atoms with Gasteiger partial charge in [-0.1, -0.05) is 13.8 Å². The summed E-state index contributed by atoms with van der Waals surface area (Å²) in [5, 5.41) is 3.42. The Labute approximate surface area is 120 Å². The SMILES string of the molecule is COC(=O)C(CC(C)C)n1cncc1C1CCCNC1. The number of carbonyl (C=O) groups excluding carboxylic acids is 1. The van der Waals surface area contributed by atoms with Crippen LogP contribution in [0, 0.1) is 5.92 Å². The van der Waals surface area contributed by atoms with E-state index in [-0.39, 0.29) is 12.0 Å². The topological polar surface area (TPSA) is 56.2 Å². The maximum atomic E-state index is 12.1. The van der Waals surface area contributed by atoms with E-state index in [1.54, 1.807) is 6.33 Å². The summed E-state index contributed by atoms with van der Waals surface area (Å²) in [6, 6.07) is -0.264. The predicted octanol–water partition coefficient (Wildman–Crippen LogP) is 2.11. The summed E-state index contributed by atoms with van der Waals surface area (Å²) in [5.74, 6) is 0.686. The Hall–Kier alpha value is -1.36. The molecule has 5 nitrogen and oxygen atoms in total. The van der Waals surface area contributed by atoms with Crippen molar-refractivity contribution in [3.8, 4) is 0 Å². The van der Waals surface area contributed by atoms with Crippen LogP contribution in [0.25, 0.3) is 0 Å². The van der Waals surface area contributed by atoms with E-state index in [0.717, 1.165) is 31.6 Å². The van der Waals surface area contributed by atoms with Gasteiger partial charge in [-0.2, -0.15) is 0 Å². The molecule has 5 heteroatoms. The number of hydrogen-bond acceptors (Lipinski definition) is 4. The number of aromatic nitrogens is 2. The van der Waals surface area contributed by atoms with Crippen LogP contribution in [0.15, 0.2) is 12.5 Å². The van der Waals surface area contributed by atoms with Crippen molar-refractivity contribution in [1.82, 2.24) is 14.9 Å². The zero-order valence-electron chi connectivity index (χ0n) is 12.6. The number of imidazole rings is 1. The number of carbonyl (C=O) groups is 1. The highest BCUT2D eigenvalue weighted by Crippen LogP contribution is 2.28. The second-order valence-corrected chi connectivity index (χ2v) is 5.94. The van der Waals surface area contributed by atoms with E-state index < -0.39 is 0 Å². The Bertz CT molecular complexity index is 436. The second-order valence-electron chi connectivity index (χ2n) is 5.94. The van der Waals surface area contributed by atoms with Crippen molar-refractivity contribution in [2.24, 2.45) is 5.92 Å². The van der Waals surface area contributed by atoms with Gasteiger partial charge < -0.3 is 14.6 Å². The third-order valence-electron chi connectivity index (χ3n) is 3.91. The molecule has 0 aromatic carbocycles. The summed E-state index contributed by atoms with van der Waals surface area (Å²) in [4.78, 5) is 16.4. The van der Waals surface area contributed by atoms with Gasteiger partial charge in [0.1, 0.15) is 6.04 Å². The first kappa shape index (κ1) is 15.0. The molecule has 1 fully saturated rings. The van der Waals surface area contributed by atoms with Gasteiger partial charge in [-0.25, -0.2) is 9.78 Å².